The van der Waals surface area contributed by atoms with Crippen molar-refractivity contribution >= 4 is 45.6 Å². The normalized spacial score (nSPS) is 15.3. The van der Waals surface area contributed by atoms with E-state index in [1.165, 1.54) is 18.5 Å². The molecule has 2 N–H and O–H groups in total. The Labute approximate surface area is 249 Å². The number of hydrogen-bond acceptors (Lipinski definition) is 7. The smallest absolute Gasteiger partial charge is 0.248 e. The predicted molar refractivity (Wildman–Crippen MR) is 164 cm³/mol. The van der Waals surface area contributed by atoms with Crippen molar-refractivity contribution in [1.82, 2.24) is 14.9 Å². The molecule has 4 aromatic rings. The molecule has 1 fully saturated rings. The third-order valence-electron chi connectivity index (χ3n) is 7.07. The number of likely N-dealkylation sites (tertiary alicyclic amines) is 1. The molecule has 42 heavy (non-hydrogen) atoms. The summed E-state index contributed by atoms with van der Waals surface area (Å²) in [6, 6.07) is 15.4. The zero-order valence-corrected chi connectivity index (χ0v) is 24.3. The Morgan fingerprint density at radius 2 is 2.02 bits per heavy atom. The van der Waals surface area contributed by atoms with Gasteiger partial charge in [0, 0.05) is 17.8 Å². The van der Waals surface area contributed by atoms with Gasteiger partial charge in [0.25, 0.3) is 0 Å². The van der Waals surface area contributed by atoms with Gasteiger partial charge >= 0.3 is 0 Å². The van der Waals surface area contributed by atoms with Crippen molar-refractivity contribution in [1.29, 1.82) is 0 Å². The number of benzene rings is 3. The second kappa shape index (κ2) is 13.6. The quantitative estimate of drug-likeness (QED) is 0.180. The van der Waals surface area contributed by atoms with Crippen molar-refractivity contribution in [2.24, 2.45) is 0 Å². The summed E-state index contributed by atoms with van der Waals surface area (Å²) in [5.74, 6) is 0.870. The van der Waals surface area contributed by atoms with Crippen LogP contribution in [0.2, 0.25) is 5.02 Å². The molecule has 2 heterocycles. The van der Waals surface area contributed by atoms with Crippen LogP contribution in [-0.2, 0) is 11.4 Å². The van der Waals surface area contributed by atoms with Gasteiger partial charge in [0.2, 0.25) is 5.91 Å². The van der Waals surface area contributed by atoms with Crippen LogP contribution in [0.25, 0.3) is 10.9 Å². The molecule has 0 radical (unpaired) electrons. The summed E-state index contributed by atoms with van der Waals surface area (Å²) < 4.78 is 25.3. The van der Waals surface area contributed by atoms with Crippen LogP contribution in [0.1, 0.15) is 32.3 Å². The lowest BCUT2D eigenvalue weighted by Crippen LogP contribution is -2.27. The highest BCUT2D eigenvalue weighted by atomic mass is 35.5. The van der Waals surface area contributed by atoms with Crippen molar-refractivity contribution in [2.75, 3.05) is 30.3 Å². The van der Waals surface area contributed by atoms with E-state index in [4.69, 9.17) is 21.1 Å². The first kappa shape index (κ1) is 29.3. The van der Waals surface area contributed by atoms with Crippen LogP contribution in [-0.4, -0.2) is 46.5 Å². The zero-order valence-electron chi connectivity index (χ0n) is 23.6. The summed E-state index contributed by atoms with van der Waals surface area (Å²) in [4.78, 5) is 24.1. The van der Waals surface area contributed by atoms with Gasteiger partial charge in [0.15, 0.2) is 5.75 Å². The molecule has 5 rings (SSSR count). The molecule has 0 aliphatic carbocycles. The summed E-state index contributed by atoms with van der Waals surface area (Å²) in [7, 11) is 0. The van der Waals surface area contributed by atoms with Crippen molar-refractivity contribution < 1.29 is 18.7 Å². The molecule has 0 saturated carbocycles. The summed E-state index contributed by atoms with van der Waals surface area (Å²) >= 11 is 6.52. The van der Waals surface area contributed by atoms with Gasteiger partial charge in [-0.1, -0.05) is 36.7 Å². The van der Waals surface area contributed by atoms with Gasteiger partial charge in [0.1, 0.15) is 30.3 Å². The number of likely N-dealkylation sites (N-methyl/N-ethyl adjacent to an activating group) is 1. The van der Waals surface area contributed by atoms with Crippen LogP contribution < -0.4 is 20.1 Å². The van der Waals surface area contributed by atoms with E-state index in [2.05, 4.69) is 32.4 Å². The van der Waals surface area contributed by atoms with Crippen LogP contribution in [0, 0.1) is 5.82 Å². The maximum atomic E-state index is 13.5. The number of carbonyl (C=O) groups is 1. The van der Waals surface area contributed by atoms with E-state index in [-0.39, 0.29) is 24.4 Å². The molecule has 1 atom stereocenters. The van der Waals surface area contributed by atoms with Crippen molar-refractivity contribution in [3.63, 3.8) is 0 Å². The lowest BCUT2D eigenvalue weighted by atomic mass is 10.1. The molecule has 1 aliphatic rings. The van der Waals surface area contributed by atoms with Crippen LogP contribution in [0.5, 0.6) is 11.5 Å². The van der Waals surface area contributed by atoms with Crippen LogP contribution >= 0.6 is 11.6 Å². The van der Waals surface area contributed by atoms with E-state index in [1.54, 1.807) is 42.5 Å². The Bertz CT molecular complexity index is 1600. The number of ether oxygens (including phenoxy) is 2. The molecular formula is C32H33ClFN5O3. The largest absolute Gasteiger partial charge is 0.491 e. The second-order valence-corrected chi connectivity index (χ2v) is 10.3. The van der Waals surface area contributed by atoms with E-state index in [0.29, 0.717) is 56.8 Å². The third-order valence-corrected chi connectivity index (χ3v) is 7.37. The molecule has 1 amide bonds. The number of anilines is 3. The van der Waals surface area contributed by atoms with E-state index >= 15 is 0 Å². The number of rotatable bonds is 11. The Kier molecular flexibility index (Phi) is 9.51. The lowest BCUT2D eigenvalue weighted by Gasteiger charge is -2.19. The maximum absolute atomic E-state index is 13.5. The molecule has 1 saturated heterocycles. The van der Waals surface area contributed by atoms with E-state index in [1.807, 2.05) is 19.1 Å². The SMILES string of the molecule is CCOc1c(NC(=O)/C=C/C2CCCN2CC)ccc2ncnc(Nc3ccc(OCc4cccc(F)c4)c(Cl)c3)c12. The highest BCUT2D eigenvalue weighted by Crippen LogP contribution is 2.38. The molecule has 1 aromatic heterocycles. The first-order valence-corrected chi connectivity index (χ1v) is 14.4. The highest BCUT2D eigenvalue weighted by molar-refractivity contribution is 6.32. The zero-order chi connectivity index (χ0) is 29.5. The minimum Gasteiger partial charge on any atom is -0.491 e. The summed E-state index contributed by atoms with van der Waals surface area (Å²) in [5.41, 5.74) is 2.53. The number of fused-ring (bicyclic) bond motifs is 1. The molecular weight excluding hydrogens is 557 g/mol. The summed E-state index contributed by atoms with van der Waals surface area (Å²) in [6.45, 7) is 6.58. The van der Waals surface area contributed by atoms with Gasteiger partial charge in [-0.25, -0.2) is 14.4 Å². The van der Waals surface area contributed by atoms with Crippen LogP contribution in [0.15, 0.2) is 73.1 Å². The van der Waals surface area contributed by atoms with Gasteiger partial charge in [-0.2, -0.15) is 0 Å². The van der Waals surface area contributed by atoms with E-state index in [0.717, 1.165) is 25.9 Å². The Hall–Kier alpha value is -4.21. The molecule has 1 unspecified atom stereocenters. The molecule has 3 aromatic carbocycles. The third kappa shape index (κ3) is 6.98. The number of halogens is 2. The number of aromatic nitrogens is 2. The Morgan fingerprint density at radius 3 is 2.81 bits per heavy atom. The van der Waals surface area contributed by atoms with E-state index < -0.39 is 0 Å². The maximum Gasteiger partial charge on any atom is 0.248 e. The molecule has 10 heteroatoms. The van der Waals surface area contributed by atoms with Gasteiger partial charge in [0.05, 0.1) is 28.2 Å². The number of hydrogen-bond donors (Lipinski definition) is 2. The number of amides is 1. The lowest BCUT2D eigenvalue weighted by molar-refractivity contribution is -0.112. The highest BCUT2D eigenvalue weighted by Gasteiger charge is 2.21. The van der Waals surface area contributed by atoms with Crippen LogP contribution in [0.3, 0.4) is 0 Å². The standard InChI is InChI=1S/C32H33ClFN5O3/c1-3-39-16-6-9-24(39)11-15-29(40)38-27-13-12-26-30(31(27)41-4-2)32(36-20-35-26)37-23-10-14-28(25(33)18-23)42-19-21-7-5-8-22(34)17-21/h5,7-8,10-15,17-18,20,24H,3-4,6,9,16,19H2,1-2H3,(H,38,40)(H,35,36,37)/b15-11+. The van der Waals surface area contributed by atoms with Crippen LogP contribution in [0.4, 0.5) is 21.6 Å². The van der Waals surface area contributed by atoms with Gasteiger partial charge in [-0.3, -0.25) is 9.69 Å². The van der Waals surface area contributed by atoms with Gasteiger partial charge < -0.3 is 20.1 Å². The number of carbonyl (C=O) groups excluding carboxylic acids is 1. The number of nitrogens with one attached hydrogen (secondary N) is 2. The molecule has 1 aliphatic heterocycles. The first-order chi connectivity index (χ1) is 20.4. The minimum absolute atomic E-state index is 0.180. The van der Waals surface area contributed by atoms with Gasteiger partial charge in [-0.05, 0) is 80.9 Å². The molecule has 8 nitrogen and oxygen atoms in total. The predicted octanol–water partition coefficient (Wildman–Crippen LogP) is 7.12. The Morgan fingerprint density at radius 1 is 1.14 bits per heavy atom. The summed E-state index contributed by atoms with van der Waals surface area (Å²) in [6.07, 6.45) is 7.21. The topological polar surface area (TPSA) is 88.6 Å². The van der Waals surface area contributed by atoms with Crippen molar-refractivity contribution in [2.45, 2.75) is 39.3 Å². The molecule has 0 spiro atoms. The fraction of sp³-hybridized carbons (Fsp3) is 0.281. The fourth-order valence-corrected chi connectivity index (χ4v) is 5.30. The molecule has 0 bridgehead atoms. The van der Waals surface area contributed by atoms with E-state index in [9.17, 15) is 9.18 Å². The summed E-state index contributed by atoms with van der Waals surface area (Å²) in [5, 5.41) is 7.27. The van der Waals surface area contributed by atoms with Gasteiger partial charge in [-0.15, -0.1) is 0 Å². The average molecular weight is 590 g/mol. The van der Waals surface area contributed by atoms with Crippen molar-refractivity contribution in [3.05, 3.63) is 89.5 Å². The fourth-order valence-electron chi connectivity index (χ4n) is 5.07. The first-order valence-electron chi connectivity index (χ1n) is 14.0. The minimum atomic E-state index is -0.322. The second-order valence-electron chi connectivity index (χ2n) is 9.87. The monoisotopic (exact) mass is 589 g/mol. The Balaban J connectivity index is 1.36. The van der Waals surface area contributed by atoms with Crippen molar-refractivity contribution in [3.8, 4) is 11.5 Å². The average Bonchev–Trinajstić information content (AvgIpc) is 3.45. The number of nitrogens with zero attached hydrogens (tertiary/aromatic N) is 3. The molecule has 218 valence electrons.